The molecule has 0 radical (unpaired) electrons. The van der Waals surface area contributed by atoms with Crippen LogP contribution in [0, 0.1) is 6.92 Å². The average molecular weight is 341 g/mol. The number of amides is 1. The standard InChI is InChI=1S/C20H23NO4/c1-15-3-6-18(7-4-15)25-14-17-13-16(5-8-19(17)23-2)20(22)21-9-11-24-12-10-21/h3-8,13H,9-12,14H2,1-2H3. The van der Waals surface area contributed by atoms with E-state index in [-0.39, 0.29) is 5.91 Å². The first-order valence-corrected chi connectivity index (χ1v) is 8.41. The van der Waals surface area contributed by atoms with Crippen LogP contribution in [0.3, 0.4) is 0 Å². The van der Waals surface area contributed by atoms with E-state index < -0.39 is 0 Å². The molecule has 0 spiro atoms. The van der Waals surface area contributed by atoms with Crippen molar-refractivity contribution in [3.05, 3.63) is 59.2 Å². The molecule has 1 aliphatic rings. The van der Waals surface area contributed by atoms with Crippen molar-refractivity contribution < 1.29 is 19.0 Å². The molecular weight excluding hydrogens is 318 g/mol. The Balaban J connectivity index is 1.75. The van der Waals surface area contributed by atoms with E-state index in [0.717, 1.165) is 11.3 Å². The Morgan fingerprint density at radius 2 is 1.84 bits per heavy atom. The van der Waals surface area contributed by atoms with E-state index in [1.54, 1.807) is 13.2 Å². The first kappa shape index (κ1) is 17.3. The van der Waals surface area contributed by atoms with E-state index in [1.165, 1.54) is 5.56 Å². The molecule has 0 N–H and O–H groups in total. The molecule has 0 aromatic heterocycles. The summed E-state index contributed by atoms with van der Waals surface area (Å²) >= 11 is 0. The van der Waals surface area contributed by atoms with Gasteiger partial charge in [-0.2, -0.15) is 0 Å². The lowest BCUT2D eigenvalue weighted by atomic mass is 10.1. The van der Waals surface area contributed by atoms with Gasteiger partial charge in [0.1, 0.15) is 18.1 Å². The summed E-state index contributed by atoms with van der Waals surface area (Å²) in [4.78, 5) is 14.5. The number of hydrogen-bond donors (Lipinski definition) is 0. The number of morpholine rings is 1. The number of nitrogens with zero attached hydrogens (tertiary/aromatic N) is 1. The maximum atomic E-state index is 12.7. The van der Waals surface area contributed by atoms with E-state index in [4.69, 9.17) is 14.2 Å². The molecule has 0 saturated carbocycles. The van der Waals surface area contributed by atoms with Gasteiger partial charge in [-0.3, -0.25) is 4.79 Å². The number of methoxy groups -OCH3 is 1. The van der Waals surface area contributed by atoms with Gasteiger partial charge >= 0.3 is 0 Å². The summed E-state index contributed by atoms with van der Waals surface area (Å²) in [5, 5.41) is 0. The normalized spacial score (nSPS) is 14.2. The minimum absolute atomic E-state index is 0.0162. The van der Waals surface area contributed by atoms with E-state index in [0.29, 0.717) is 44.2 Å². The third-order valence-electron chi connectivity index (χ3n) is 4.24. The number of carbonyl (C=O) groups excluding carboxylic acids is 1. The quantitative estimate of drug-likeness (QED) is 0.839. The van der Waals surface area contributed by atoms with Crippen molar-refractivity contribution in [2.24, 2.45) is 0 Å². The SMILES string of the molecule is COc1ccc(C(=O)N2CCOCC2)cc1COc1ccc(C)cc1. The Bertz CT molecular complexity index is 721. The molecule has 0 aliphatic carbocycles. The molecule has 0 atom stereocenters. The molecule has 132 valence electrons. The van der Waals surface area contributed by atoms with Gasteiger partial charge in [0.15, 0.2) is 0 Å². The van der Waals surface area contributed by atoms with Gasteiger partial charge in [0, 0.05) is 24.2 Å². The topological polar surface area (TPSA) is 48.0 Å². The molecule has 2 aromatic rings. The lowest BCUT2D eigenvalue weighted by Gasteiger charge is -2.27. The zero-order valence-electron chi connectivity index (χ0n) is 14.7. The van der Waals surface area contributed by atoms with Crippen molar-refractivity contribution in [2.75, 3.05) is 33.4 Å². The van der Waals surface area contributed by atoms with Gasteiger partial charge in [0.05, 0.1) is 20.3 Å². The number of benzene rings is 2. The largest absolute Gasteiger partial charge is 0.496 e. The highest BCUT2D eigenvalue weighted by molar-refractivity contribution is 5.94. The lowest BCUT2D eigenvalue weighted by molar-refractivity contribution is 0.0302. The molecule has 5 nitrogen and oxygen atoms in total. The van der Waals surface area contributed by atoms with Gasteiger partial charge < -0.3 is 19.1 Å². The molecule has 2 aromatic carbocycles. The molecule has 5 heteroatoms. The number of ether oxygens (including phenoxy) is 3. The predicted octanol–water partition coefficient (Wildman–Crippen LogP) is 3.06. The minimum Gasteiger partial charge on any atom is -0.496 e. The second-order valence-corrected chi connectivity index (χ2v) is 6.03. The van der Waals surface area contributed by atoms with Crippen LogP contribution in [0.25, 0.3) is 0 Å². The number of hydrogen-bond acceptors (Lipinski definition) is 4. The second-order valence-electron chi connectivity index (χ2n) is 6.03. The molecule has 1 heterocycles. The van der Waals surface area contributed by atoms with Crippen LogP contribution < -0.4 is 9.47 Å². The molecule has 0 bridgehead atoms. The summed E-state index contributed by atoms with van der Waals surface area (Å²) in [6, 6.07) is 13.4. The third kappa shape index (κ3) is 4.31. The highest BCUT2D eigenvalue weighted by Gasteiger charge is 2.19. The fourth-order valence-corrected chi connectivity index (χ4v) is 2.77. The van der Waals surface area contributed by atoms with Crippen LogP contribution in [-0.2, 0) is 11.3 Å². The predicted molar refractivity (Wildman–Crippen MR) is 95.2 cm³/mol. The summed E-state index contributed by atoms with van der Waals surface area (Å²) in [5.41, 5.74) is 2.68. The Morgan fingerprint density at radius 1 is 1.12 bits per heavy atom. The molecule has 0 unspecified atom stereocenters. The monoisotopic (exact) mass is 341 g/mol. The molecule has 1 saturated heterocycles. The summed E-state index contributed by atoms with van der Waals surface area (Å²) in [6.45, 7) is 4.81. The average Bonchev–Trinajstić information content (AvgIpc) is 2.67. The Hall–Kier alpha value is -2.53. The number of rotatable bonds is 5. The number of aryl methyl sites for hydroxylation is 1. The van der Waals surface area contributed by atoms with Crippen LogP contribution in [0.15, 0.2) is 42.5 Å². The van der Waals surface area contributed by atoms with Crippen molar-refractivity contribution >= 4 is 5.91 Å². The number of carbonyl (C=O) groups is 1. The Kier molecular flexibility index (Phi) is 5.56. The molecule has 1 amide bonds. The van der Waals surface area contributed by atoms with Gasteiger partial charge in [-0.1, -0.05) is 17.7 Å². The molecular formula is C20H23NO4. The van der Waals surface area contributed by atoms with Crippen LogP contribution in [0.2, 0.25) is 0 Å². The van der Waals surface area contributed by atoms with Crippen molar-refractivity contribution in [2.45, 2.75) is 13.5 Å². The second kappa shape index (κ2) is 8.03. The highest BCUT2D eigenvalue weighted by atomic mass is 16.5. The first-order chi connectivity index (χ1) is 12.2. The highest BCUT2D eigenvalue weighted by Crippen LogP contribution is 2.23. The van der Waals surface area contributed by atoms with Crippen molar-refractivity contribution in [1.82, 2.24) is 4.90 Å². The van der Waals surface area contributed by atoms with E-state index in [2.05, 4.69) is 0 Å². The summed E-state index contributed by atoms with van der Waals surface area (Å²) < 4.78 is 16.6. The molecule has 25 heavy (non-hydrogen) atoms. The maximum absolute atomic E-state index is 12.7. The van der Waals surface area contributed by atoms with Gasteiger partial charge in [-0.25, -0.2) is 0 Å². The van der Waals surface area contributed by atoms with Crippen molar-refractivity contribution in [3.8, 4) is 11.5 Å². The fraction of sp³-hybridized carbons (Fsp3) is 0.350. The van der Waals surface area contributed by atoms with Gasteiger partial charge in [0.25, 0.3) is 5.91 Å². The van der Waals surface area contributed by atoms with Crippen LogP contribution >= 0.6 is 0 Å². The zero-order chi connectivity index (χ0) is 17.6. The smallest absolute Gasteiger partial charge is 0.254 e. The van der Waals surface area contributed by atoms with Crippen molar-refractivity contribution in [1.29, 1.82) is 0 Å². The first-order valence-electron chi connectivity index (χ1n) is 8.41. The van der Waals surface area contributed by atoms with Crippen LogP contribution in [0.4, 0.5) is 0 Å². The van der Waals surface area contributed by atoms with E-state index in [1.807, 2.05) is 48.2 Å². The van der Waals surface area contributed by atoms with E-state index >= 15 is 0 Å². The fourth-order valence-electron chi connectivity index (χ4n) is 2.77. The zero-order valence-corrected chi connectivity index (χ0v) is 14.7. The maximum Gasteiger partial charge on any atom is 0.254 e. The summed E-state index contributed by atoms with van der Waals surface area (Å²) in [5.74, 6) is 1.52. The third-order valence-corrected chi connectivity index (χ3v) is 4.24. The molecule has 1 aliphatic heterocycles. The van der Waals surface area contributed by atoms with E-state index in [9.17, 15) is 4.79 Å². The lowest BCUT2D eigenvalue weighted by Crippen LogP contribution is -2.40. The molecule has 3 rings (SSSR count). The Morgan fingerprint density at radius 3 is 2.52 bits per heavy atom. The minimum atomic E-state index is 0.0162. The molecule has 1 fully saturated rings. The van der Waals surface area contributed by atoms with Gasteiger partial charge in [0.2, 0.25) is 0 Å². The Labute approximate surface area is 148 Å². The summed E-state index contributed by atoms with van der Waals surface area (Å²) in [6.07, 6.45) is 0. The van der Waals surface area contributed by atoms with Crippen molar-refractivity contribution in [3.63, 3.8) is 0 Å². The van der Waals surface area contributed by atoms with Gasteiger partial charge in [-0.05, 0) is 37.3 Å². The van der Waals surface area contributed by atoms with Gasteiger partial charge in [-0.15, -0.1) is 0 Å². The van der Waals surface area contributed by atoms with Crippen LogP contribution in [0.1, 0.15) is 21.5 Å². The van der Waals surface area contributed by atoms with Crippen LogP contribution in [0.5, 0.6) is 11.5 Å². The summed E-state index contributed by atoms with van der Waals surface area (Å²) in [7, 11) is 1.62. The van der Waals surface area contributed by atoms with Crippen LogP contribution in [-0.4, -0.2) is 44.2 Å².